The number of halogens is 1. The lowest BCUT2D eigenvalue weighted by molar-refractivity contribution is -0.126. The van der Waals surface area contributed by atoms with Crippen LogP contribution < -0.4 is 5.14 Å². The summed E-state index contributed by atoms with van der Waals surface area (Å²) in [6.45, 7) is 3.78. The quantitative estimate of drug-likeness (QED) is 0.790. The smallest absolute Gasteiger partial charge is 0.246 e. The minimum atomic E-state index is -3.73. The van der Waals surface area contributed by atoms with Gasteiger partial charge in [0.05, 0.1) is 10.9 Å². The summed E-state index contributed by atoms with van der Waals surface area (Å²) in [7, 11) is -2.04. The van der Waals surface area contributed by atoms with E-state index < -0.39 is 10.0 Å². The Morgan fingerprint density at radius 1 is 1.19 bits per heavy atom. The molecule has 1 unspecified atom stereocenters. The van der Waals surface area contributed by atoms with E-state index in [4.69, 9.17) is 16.7 Å². The van der Waals surface area contributed by atoms with Crippen molar-refractivity contribution in [3.05, 3.63) is 70.3 Å². The molecule has 0 heterocycles. The van der Waals surface area contributed by atoms with Crippen molar-refractivity contribution in [2.45, 2.75) is 24.8 Å². The Hall–Kier alpha value is -2.15. The Bertz CT molecular complexity index is 938. The van der Waals surface area contributed by atoms with Gasteiger partial charge in [-0.3, -0.25) is 4.79 Å². The molecule has 2 N–H and O–H groups in total. The molecule has 0 aliphatic heterocycles. The van der Waals surface area contributed by atoms with Crippen molar-refractivity contribution < 1.29 is 13.2 Å². The average molecular weight is 393 g/mol. The van der Waals surface area contributed by atoms with Gasteiger partial charge < -0.3 is 4.90 Å². The minimum Gasteiger partial charge on any atom is -0.335 e. The number of amides is 1. The predicted octanol–water partition coefficient (Wildman–Crippen LogP) is 3.53. The summed E-state index contributed by atoms with van der Waals surface area (Å²) < 4.78 is 22.6. The topological polar surface area (TPSA) is 80.5 Å². The first-order chi connectivity index (χ1) is 12.1. The van der Waals surface area contributed by atoms with Gasteiger partial charge in [-0.25, -0.2) is 13.6 Å². The second kappa shape index (κ2) is 8.03. The Balaban J connectivity index is 2.11. The molecule has 7 heteroatoms. The summed E-state index contributed by atoms with van der Waals surface area (Å²) in [5, 5.41) is 5.74. The van der Waals surface area contributed by atoms with Crippen LogP contribution in [0.3, 0.4) is 0 Å². The molecule has 1 amide bonds. The molecule has 0 bridgehead atoms. The highest BCUT2D eigenvalue weighted by Gasteiger charge is 2.16. The van der Waals surface area contributed by atoms with Crippen LogP contribution in [0.2, 0.25) is 5.02 Å². The summed E-state index contributed by atoms with van der Waals surface area (Å²) in [4.78, 5) is 14.0. The lowest BCUT2D eigenvalue weighted by atomic mass is 10.1. The third kappa shape index (κ3) is 4.94. The monoisotopic (exact) mass is 392 g/mol. The Morgan fingerprint density at radius 2 is 1.81 bits per heavy atom. The highest BCUT2D eigenvalue weighted by molar-refractivity contribution is 7.89. The van der Waals surface area contributed by atoms with Crippen LogP contribution in [-0.2, 0) is 14.8 Å². The van der Waals surface area contributed by atoms with Crippen molar-refractivity contribution in [3.63, 3.8) is 0 Å². The standard InChI is InChI=1S/C19H21ClN2O3S/c1-13-4-5-15(12-18(13)20)6-11-19(23)22(3)14(2)16-7-9-17(10-8-16)26(21,24)25/h4-12,14H,1-3H3,(H2,21,24,25)/b11-6+. The molecule has 26 heavy (non-hydrogen) atoms. The number of rotatable bonds is 5. The summed E-state index contributed by atoms with van der Waals surface area (Å²) in [6.07, 6.45) is 3.19. The van der Waals surface area contributed by atoms with Crippen LogP contribution in [0.25, 0.3) is 6.08 Å². The molecule has 0 fully saturated rings. The Kier molecular flexibility index (Phi) is 6.23. The van der Waals surface area contributed by atoms with Gasteiger partial charge in [0.15, 0.2) is 0 Å². The third-order valence-electron chi connectivity index (χ3n) is 4.23. The second-order valence-corrected chi connectivity index (χ2v) is 8.05. The first-order valence-corrected chi connectivity index (χ1v) is 9.86. The number of nitrogens with zero attached hydrogens (tertiary/aromatic N) is 1. The minimum absolute atomic E-state index is 0.0403. The highest BCUT2D eigenvalue weighted by Crippen LogP contribution is 2.21. The first-order valence-electron chi connectivity index (χ1n) is 7.93. The number of sulfonamides is 1. The molecular weight excluding hydrogens is 372 g/mol. The fourth-order valence-corrected chi connectivity index (χ4v) is 3.05. The molecule has 1 atom stereocenters. The summed E-state index contributed by atoms with van der Waals surface area (Å²) in [5.74, 6) is -0.176. The van der Waals surface area contributed by atoms with Gasteiger partial charge in [-0.05, 0) is 54.8 Å². The van der Waals surface area contributed by atoms with Crippen molar-refractivity contribution >= 4 is 33.6 Å². The van der Waals surface area contributed by atoms with Crippen molar-refractivity contribution in [1.82, 2.24) is 4.90 Å². The van der Waals surface area contributed by atoms with E-state index in [0.717, 1.165) is 16.7 Å². The van der Waals surface area contributed by atoms with E-state index in [9.17, 15) is 13.2 Å². The van der Waals surface area contributed by atoms with E-state index in [2.05, 4.69) is 0 Å². The van der Waals surface area contributed by atoms with Crippen LogP contribution in [0, 0.1) is 6.92 Å². The third-order valence-corrected chi connectivity index (χ3v) is 5.57. The van der Waals surface area contributed by atoms with Gasteiger partial charge in [0.2, 0.25) is 15.9 Å². The van der Waals surface area contributed by atoms with Crippen LogP contribution in [-0.4, -0.2) is 26.3 Å². The molecule has 2 rings (SSSR count). The van der Waals surface area contributed by atoms with E-state index in [1.165, 1.54) is 18.2 Å². The largest absolute Gasteiger partial charge is 0.335 e. The van der Waals surface area contributed by atoms with Gasteiger partial charge in [-0.15, -0.1) is 0 Å². The van der Waals surface area contributed by atoms with Gasteiger partial charge in [0, 0.05) is 18.1 Å². The molecule has 0 aliphatic carbocycles. The van der Waals surface area contributed by atoms with Crippen molar-refractivity contribution in [2.24, 2.45) is 5.14 Å². The summed E-state index contributed by atoms with van der Waals surface area (Å²) in [6, 6.07) is 11.5. The fourth-order valence-electron chi connectivity index (χ4n) is 2.35. The molecule has 2 aromatic carbocycles. The van der Waals surface area contributed by atoms with Gasteiger partial charge >= 0.3 is 0 Å². The van der Waals surface area contributed by atoms with E-state index >= 15 is 0 Å². The molecular formula is C19H21ClN2O3S. The Morgan fingerprint density at radius 3 is 2.35 bits per heavy atom. The molecule has 138 valence electrons. The molecule has 0 saturated carbocycles. The zero-order valence-electron chi connectivity index (χ0n) is 14.8. The SMILES string of the molecule is Cc1ccc(/C=C/C(=O)N(C)C(C)c2ccc(S(N)(=O)=O)cc2)cc1Cl. The number of carbonyl (C=O) groups excluding carboxylic acids is 1. The number of benzene rings is 2. The second-order valence-electron chi connectivity index (χ2n) is 6.08. The zero-order valence-corrected chi connectivity index (χ0v) is 16.4. The van der Waals surface area contributed by atoms with E-state index in [-0.39, 0.29) is 16.8 Å². The maximum Gasteiger partial charge on any atom is 0.246 e. The van der Waals surface area contributed by atoms with Crippen LogP contribution in [0.4, 0.5) is 0 Å². The van der Waals surface area contributed by atoms with Crippen LogP contribution in [0.1, 0.15) is 29.7 Å². The maximum atomic E-state index is 12.4. The number of carbonyl (C=O) groups is 1. The predicted molar refractivity (Wildman–Crippen MR) is 104 cm³/mol. The van der Waals surface area contributed by atoms with Gasteiger partial charge in [-0.2, -0.15) is 0 Å². The molecule has 0 aliphatic rings. The number of hydrogen-bond acceptors (Lipinski definition) is 3. The van der Waals surface area contributed by atoms with Crippen molar-refractivity contribution in [1.29, 1.82) is 0 Å². The molecule has 0 aromatic heterocycles. The van der Waals surface area contributed by atoms with E-state index in [0.29, 0.717) is 5.02 Å². The van der Waals surface area contributed by atoms with Crippen LogP contribution >= 0.6 is 11.6 Å². The molecule has 5 nitrogen and oxygen atoms in total. The Labute approximate surface area is 159 Å². The molecule has 0 radical (unpaired) electrons. The van der Waals surface area contributed by atoms with Crippen molar-refractivity contribution in [3.8, 4) is 0 Å². The number of hydrogen-bond donors (Lipinski definition) is 1. The number of aryl methyl sites for hydroxylation is 1. The zero-order chi connectivity index (χ0) is 19.5. The summed E-state index contributed by atoms with van der Waals surface area (Å²) in [5.41, 5.74) is 2.62. The fraction of sp³-hybridized carbons (Fsp3) is 0.211. The van der Waals surface area contributed by atoms with Crippen LogP contribution in [0.5, 0.6) is 0 Å². The van der Waals surface area contributed by atoms with E-state index in [1.807, 2.05) is 26.0 Å². The average Bonchev–Trinajstić information content (AvgIpc) is 2.60. The number of nitrogens with two attached hydrogens (primary N) is 1. The lowest BCUT2D eigenvalue weighted by Crippen LogP contribution is -2.28. The van der Waals surface area contributed by atoms with Gasteiger partial charge in [0.25, 0.3) is 0 Å². The molecule has 0 saturated heterocycles. The lowest BCUT2D eigenvalue weighted by Gasteiger charge is -2.24. The molecule has 2 aromatic rings. The highest BCUT2D eigenvalue weighted by atomic mass is 35.5. The van der Waals surface area contributed by atoms with E-state index in [1.54, 1.807) is 36.2 Å². The van der Waals surface area contributed by atoms with Crippen molar-refractivity contribution in [2.75, 3.05) is 7.05 Å². The van der Waals surface area contributed by atoms with Crippen LogP contribution in [0.15, 0.2) is 53.4 Å². The van der Waals surface area contributed by atoms with Gasteiger partial charge in [0.1, 0.15) is 0 Å². The first kappa shape index (κ1) is 20.2. The normalized spacial score (nSPS) is 13.0. The maximum absolute atomic E-state index is 12.4. The molecule has 0 spiro atoms. The van der Waals surface area contributed by atoms with Gasteiger partial charge in [-0.1, -0.05) is 35.9 Å². The summed E-state index contributed by atoms with van der Waals surface area (Å²) >= 11 is 6.09. The number of likely N-dealkylation sites (N-methyl/N-ethyl adjacent to an activating group) is 1. The number of primary sulfonamides is 1.